The van der Waals surface area contributed by atoms with Crippen LogP contribution in [-0.2, 0) is 14.3 Å². The molecule has 0 saturated heterocycles. The van der Waals surface area contributed by atoms with Crippen LogP contribution < -0.4 is 4.74 Å². The maximum absolute atomic E-state index is 15.0. The van der Waals surface area contributed by atoms with E-state index in [9.17, 15) is 9.59 Å². The Kier molecular flexibility index (Phi) is 5.70. The van der Waals surface area contributed by atoms with E-state index < -0.39 is 12.1 Å². The molecule has 6 heteroatoms. The summed E-state index contributed by atoms with van der Waals surface area (Å²) in [5, 5.41) is 0. The third kappa shape index (κ3) is 4.02. The van der Waals surface area contributed by atoms with Gasteiger partial charge in [-0.1, -0.05) is 26.0 Å². The van der Waals surface area contributed by atoms with Gasteiger partial charge in [-0.2, -0.15) is 0 Å². The topological polar surface area (TPSA) is 61.8 Å². The number of allylic oxidation sites excluding steroid dienone is 4. The molecule has 0 fully saturated rings. The number of hydrogen-bond donors (Lipinski definition) is 0. The normalized spacial score (nSPS) is 21.0. The van der Waals surface area contributed by atoms with Crippen molar-refractivity contribution in [1.29, 1.82) is 0 Å². The molecule has 5 nitrogen and oxygen atoms in total. The van der Waals surface area contributed by atoms with Crippen LogP contribution in [0.2, 0.25) is 0 Å². The lowest BCUT2D eigenvalue weighted by atomic mass is 9.71. The van der Waals surface area contributed by atoms with Crippen LogP contribution >= 0.6 is 0 Å². The highest BCUT2D eigenvalue weighted by molar-refractivity contribution is 6.01. The summed E-state index contributed by atoms with van der Waals surface area (Å²) in [6.07, 6.45) is 0.276. The summed E-state index contributed by atoms with van der Waals surface area (Å²) in [7, 11) is 1.50. The molecule has 0 saturated carbocycles. The maximum atomic E-state index is 15.0. The smallest absolute Gasteiger partial charge is 0.432 e. The zero-order valence-corrected chi connectivity index (χ0v) is 16.6. The van der Waals surface area contributed by atoms with E-state index >= 15 is 4.39 Å². The quantitative estimate of drug-likeness (QED) is 0.409. The van der Waals surface area contributed by atoms with Gasteiger partial charge in [-0.05, 0) is 47.6 Å². The van der Waals surface area contributed by atoms with Crippen molar-refractivity contribution in [1.82, 2.24) is 0 Å². The van der Waals surface area contributed by atoms with Crippen molar-refractivity contribution in [2.24, 2.45) is 5.41 Å². The zero-order chi connectivity index (χ0) is 20.5. The fourth-order valence-corrected chi connectivity index (χ4v) is 3.87. The Hall–Kier alpha value is -2.47. The van der Waals surface area contributed by atoms with Crippen LogP contribution in [0.4, 0.5) is 9.18 Å². The SMILES string of the molecule is COCCOC(=O)Oc1ccc(C2C(F)=C(C)C3=C2C(=O)CC(C)(C)C3)cc1. The number of carbonyl (C=O) groups is 2. The summed E-state index contributed by atoms with van der Waals surface area (Å²) in [6, 6.07) is 6.51. The minimum atomic E-state index is -0.831. The van der Waals surface area contributed by atoms with E-state index in [0.29, 0.717) is 29.6 Å². The molecular weight excluding hydrogens is 363 g/mol. The molecule has 0 radical (unpaired) electrons. The summed E-state index contributed by atoms with van der Waals surface area (Å²) in [5.74, 6) is -0.661. The molecule has 0 bridgehead atoms. The molecule has 28 heavy (non-hydrogen) atoms. The third-order valence-electron chi connectivity index (χ3n) is 5.19. The first-order valence-electron chi connectivity index (χ1n) is 9.30. The Labute approximate surface area is 164 Å². The summed E-state index contributed by atoms with van der Waals surface area (Å²) < 4.78 is 29.8. The lowest BCUT2D eigenvalue weighted by Crippen LogP contribution is -2.26. The van der Waals surface area contributed by atoms with Gasteiger partial charge < -0.3 is 14.2 Å². The van der Waals surface area contributed by atoms with E-state index in [-0.39, 0.29) is 36.0 Å². The summed E-state index contributed by atoms with van der Waals surface area (Å²) in [4.78, 5) is 24.4. The van der Waals surface area contributed by atoms with Crippen molar-refractivity contribution in [3.63, 3.8) is 0 Å². The van der Waals surface area contributed by atoms with Gasteiger partial charge in [-0.15, -0.1) is 0 Å². The van der Waals surface area contributed by atoms with Crippen molar-refractivity contribution in [3.8, 4) is 5.75 Å². The molecule has 3 rings (SSSR count). The van der Waals surface area contributed by atoms with Gasteiger partial charge >= 0.3 is 6.16 Å². The van der Waals surface area contributed by atoms with E-state index in [4.69, 9.17) is 14.2 Å². The number of carbonyl (C=O) groups excluding carboxylic acids is 2. The molecule has 0 N–H and O–H groups in total. The van der Waals surface area contributed by atoms with Gasteiger partial charge in [-0.25, -0.2) is 9.18 Å². The molecule has 0 amide bonds. The van der Waals surface area contributed by atoms with Crippen molar-refractivity contribution in [2.75, 3.05) is 20.3 Å². The molecule has 0 aromatic heterocycles. The Morgan fingerprint density at radius 3 is 2.50 bits per heavy atom. The third-order valence-corrected chi connectivity index (χ3v) is 5.19. The highest BCUT2D eigenvalue weighted by Crippen LogP contribution is 2.52. The molecule has 1 aromatic rings. The average Bonchev–Trinajstić information content (AvgIpc) is 2.87. The summed E-state index contributed by atoms with van der Waals surface area (Å²) in [5.41, 5.74) is 2.48. The Morgan fingerprint density at radius 1 is 1.18 bits per heavy atom. The standard InChI is InChI=1S/C22H25FO5/c1-13-16-11-22(2,3)12-17(24)19(16)18(20(13)23)14-5-7-15(8-6-14)28-21(25)27-10-9-26-4/h5-8,18H,9-12H2,1-4H3. The molecule has 1 aromatic carbocycles. The predicted octanol–water partition coefficient (Wildman–Crippen LogP) is 4.87. The summed E-state index contributed by atoms with van der Waals surface area (Å²) in [6.45, 7) is 6.19. The number of Topliss-reactive ketones (excluding diaryl/α,β-unsaturated/α-hetero) is 1. The molecule has 2 aliphatic rings. The van der Waals surface area contributed by atoms with E-state index in [2.05, 4.69) is 0 Å². The number of hydrogen-bond acceptors (Lipinski definition) is 5. The van der Waals surface area contributed by atoms with Crippen LogP contribution in [-0.4, -0.2) is 32.3 Å². The number of benzene rings is 1. The van der Waals surface area contributed by atoms with E-state index in [1.807, 2.05) is 13.8 Å². The van der Waals surface area contributed by atoms with Crippen molar-refractivity contribution in [3.05, 3.63) is 52.4 Å². The molecule has 1 unspecified atom stereocenters. The van der Waals surface area contributed by atoms with Gasteiger partial charge in [0.05, 0.1) is 12.5 Å². The van der Waals surface area contributed by atoms with Crippen LogP contribution in [0.25, 0.3) is 0 Å². The molecule has 0 aliphatic heterocycles. The van der Waals surface area contributed by atoms with E-state index in [0.717, 1.165) is 5.57 Å². The van der Waals surface area contributed by atoms with E-state index in [1.165, 1.54) is 7.11 Å². The minimum Gasteiger partial charge on any atom is -0.432 e. The molecule has 1 atom stereocenters. The lowest BCUT2D eigenvalue weighted by Gasteiger charge is -2.31. The first-order chi connectivity index (χ1) is 13.2. The van der Waals surface area contributed by atoms with Gasteiger partial charge in [0.25, 0.3) is 0 Å². The average molecular weight is 388 g/mol. The second-order valence-corrected chi connectivity index (χ2v) is 8.00. The van der Waals surface area contributed by atoms with Gasteiger partial charge in [0.2, 0.25) is 0 Å². The van der Waals surface area contributed by atoms with Crippen LogP contribution in [0.3, 0.4) is 0 Å². The highest BCUT2D eigenvalue weighted by atomic mass is 19.1. The maximum Gasteiger partial charge on any atom is 0.513 e. The van der Waals surface area contributed by atoms with Gasteiger partial charge in [0, 0.05) is 19.1 Å². The number of halogens is 1. The first kappa shape index (κ1) is 20.3. The Bertz CT molecular complexity index is 848. The second kappa shape index (κ2) is 7.87. The fourth-order valence-electron chi connectivity index (χ4n) is 3.87. The van der Waals surface area contributed by atoms with Crippen molar-refractivity contribution >= 4 is 11.9 Å². The van der Waals surface area contributed by atoms with Crippen LogP contribution in [0, 0.1) is 5.41 Å². The second-order valence-electron chi connectivity index (χ2n) is 8.00. The molecule has 2 aliphatic carbocycles. The minimum absolute atomic E-state index is 0.00490. The van der Waals surface area contributed by atoms with Crippen LogP contribution in [0.1, 0.15) is 45.1 Å². The number of rotatable bonds is 5. The molecule has 0 spiro atoms. The number of ether oxygens (including phenoxy) is 3. The van der Waals surface area contributed by atoms with Gasteiger partial charge in [0.1, 0.15) is 18.2 Å². The lowest BCUT2D eigenvalue weighted by molar-refractivity contribution is -0.118. The predicted molar refractivity (Wildman–Crippen MR) is 102 cm³/mol. The van der Waals surface area contributed by atoms with Gasteiger partial charge in [-0.3, -0.25) is 4.79 Å². The van der Waals surface area contributed by atoms with Crippen LogP contribution in [0.15, 0.2) is 46.8 Å². The number of methoxy groups -OCH3 is 1. The van der Waals surface area contributed by atoms with Crippen molar-refractivity contribution in [2.45, 2.75) is 39.5 Å². The first-order valence-corrected chi connectivity index (χ1v) is 9.30. The monoisotopic (exact) mass is 388 g/mol. The summed E-state index contributed by atoms with van der Waals surface area (Å²) >= 11 is 0. The zero-order valence-electron chi connectivity index (χ0n) is 16.6. The molecule has 150 valence electrons. The van der Waals surface area contributed by atoms with Gasteiger partial charge in [0.15, 0.2) is 5.78 Å². The van der Waals surface area contributed by atoms with E-state index in [1.54, 1.807) is 31.2 Å². The number of ketones is 1. The Balaban J connectivity index is 1.79. The fraction of sp³-hybridized carbons (Fsp3) is 0.455. The molecule has 0 heterocycles. The largest absolute Gasteiger partial charge is 0.513 e. The van der Waals surface area contributed by atoms with Crippen LogP contribution in [0.5, 0.6) is 5.75 Å². The highest BCUT2D eigenvalue weighted by Gasteiger charge is 2.43. The Morgan fingerprint density at radius 2 is 1.86 bits per heavy atom. The van der Waals surface area contributed by atoms with Crippen molar-refractivity contribution < 1.29 is 28.2 Å². The molecular formula is C22H25FO5.